The first-order valence-electron chi connectivity index (χ1n) is 10.3. The van der Waals surface area contributed by atoms with Crippen LogP contribution in [0.3, 0.4) is 0 Å². The molecule has 0 aliphatic carbocycles. The molecule has 0 unspecified atom stereocenters. The number of benzene rings is 3. The van der Waals surface area contributed by atoms with Crippen LogP contribution in [0.15, 0.2) is 83.4 Å². The Morgan fingerprint density at radius 2 is 1.76 bits per heavy atom. The van der Waals surface area contributed by atoms with Crippen molar-refractivity contribution in [3.05, 3.63) is 102 Å². The normalized spacial score (nSPS) is 10.6. The predicted octanol–water partition coefficient (Wildman–Crippen LogP) is 5.34. The SMILES string of the molecule is COc1ccc(OC)c(-c2cc(CN(Cc3ccccc3)C(=O)c3cccc(F)c3)no2)c1. The number of carbonyl (C=O) groups excluding carboxylic acids is 1. The van der Waals surface area contributed by atoms with Gasteiger partial charge >= 0.3 is 0 Å². The van der Waals surface area contributed by atoms with Crippen molar-refractivity contribution < 1.29 is 23.2 Å². The van der Waals surface area contributed by atoms with Gasteiger partial charge in [-0.1, -0.05) is 41.6 Å². The van der Waals surface area contributed by atoms with E-state index in [4.69, 9.17) is 14.0 Å². The van der Waals surface area contributed by atoms with Gasteiger partial charge in [-0.2, -0.15) is 0 Å². The number of halogens is 1. The monoisotopic (exact) mass is 446 g/mol. The standard InChI is InChI=1S/C26H23FN2O4/c1-31-22-11-12-24(32-2)23(15-22)25-14-21(28-33-25)17-29(16-18-7-4-3-5-8-18)26(30)19-9-6-10-20(27)13-19/h3-15H,16-17H2,1-2H3. The molecule has 0 aliphatic heterocycles. The second kappa shape index (κ2) is 9.99. The summed E-state index contributed by atoms with van der Waals surface area (Å²) in [6.45, 7) is 0.515. The van der Waals surface area contributed by atoms with Crippen LogP contribution in [-0.4, -0.2) is 30.2 Å². The predicted molar refractivity (Wildman–Crippen MR) is 121 cm³/mol. The molecule has 0 atom stereocenters. The third-order valence-electron chi connectivity index (χ3n) is 5.16. The quantitative estimate of drug-likeness (QED) is 0.366. The van der Waals surface area contributed by atoms with E-state index in [1.54, 1.807) is 49.5 Å². The van der Waals surface area contributed by atoms with Gasteiger partial charge in [0.15, 0.2) is 5.76 Å². The van der Waals surface area contributed by atoms with Crippen molar-refractivity contribution in [2.24, 2.45) is 0 Å². The summed E-state index contributed by atoms with van der Waals surface area (Å²) in [5, 5.41) is 4.16. The van der Waals surface area contributed by atoms with E-state index in [1.807, 2.05) is 30.3 Å². The van der Waals surface area contributed by atoms with Crippen molar-refractivity contribution in [2.45, 2.75) is 13.1 Å². The summed E-state index contributed by atoms with van der Waals surface area (Å²) >= 11 is 0. The third kappa shape index (κ3) is 5.20. The van der Waals surface area contributed by atoms with Crippen molar-refractivity contribution in [1.29, 1.82) is 0 Å². The van der Waals surface area contributed by atoms with E-state index < -0.39 is 5.82 Å². The molecule has 3 aromatic carbocycles. The van der Waals surface area contributed by atoms with E-state index in [0.29, 0.717) is 35.1 Å². The average Bonchev–Trinajstić information content (AvgIpc) is 3.32. The van der Waals surface area contributed by atoms with Crippen molar-refractivity contribution >= 4 is 5.91 Å². The molecular weight excluding hydrogens is 423 g/mol. The van der Waals surface area contributed by atoms with Crippen LogP contribution in [0.1, 0.15) is 21.6 Å². The summed E-state index contributed by atoms with van der Waals surface area (Å²) in [4.78, 5) is 14.8. The number of methoxy groups -OCH3 is 2. The number of carbonyl (C=O) groups is 1. The van der Waals surface area contributed by atoms with Gasteiger partial charge in [0.05, 0.1) is 26.3 Å². The minimum Gasteiger partial charge on any atom is -0.497 e. The average molecular weight is 446 g/mol. The minimum atomic E-state index is -0.464. The fourth-order valence-electron chi connectivity index (χ4n) is 3.52. The van der Waals surface area contributed by atoms with Crippen LogP contribution < -0.4 is 9.47 Å². The van der Waals surface area contributed by atoms with Gasteiger partial charge in [-0.15, -0.1) is 0 Å². The molecule has 6 nitrogen and oxygen atoms in total. The van der Waals surface area contributed by atoms with Crippen molar-refractivity contribution in [2.75, 3.05) is 14.2 Å². The van der Waals surface area contributed by atoms with Crippen LogP contribution in [0, 0.1) is 5.82 Å². The molecule has 0 N–H and O–H groups in total. The molecule has 1 amide bonds. The van der Waals surface area contributed by atoms with Crippen molar-refractivity contribution in [3.8, 4) is 22.8 Å². The Morgan fingerprint density at radius 1 is 0.939 bits per heavy atom. The molecule has 0 bridgehead atoms. The van der Waals surface area contributed by atoms with Gasteiger partial charge < -0.3 is 18.9 Å². The molecule has 0 radical (unpaired) electrons. The zero-order valence-corrected chi connectivity index (χ0v) is 18.3. The van der Waals surface area contributed by atoms with Crippen LogP contribution in [0.2, 0.25) is 0 Å². The van der Waals surface area contributed by atoms with Crippen LogP contribution >= 0.6 is 0 Å². The Balaban J connectivity index is 1.63. The van der Waals surface area contributed by atoms with Crippen molar-refractivity contribution in [1.82, 2.24) is 10.1 Å². The number of rotatable bonds is 8. The fraction of sp³-hybridized carbons (Fsp3) is 0.154. The fourth-order valence-corrected chi connectivity index (χ4v) is 3.52. The van der Waals surface area contributed by atoms with E-state index in [-0.39, 0.29) is 18.0 Å². The molecule has 0 saturated heterocycles. The number of amides is 1. The number of ether oxygens (including phenoxy) is 2. The largest absolute Gasteiger partial charge is 0.497 e. The molecule has 1 heterocycles. The number of hydrogen-bond acceptors (Lipinski definition) is 5. The lowest BCUT2D eigenvalue weighted by Crippen LogP contribution is -2.30. The first-order valence-corrected chi connectivity index (χ1v) is 10.3. The number of nitrogens with zero attached hydrogens (tertiary/aromatic N) is 2. The van der Waals surface area contributed by atoms with Gasteiger partial charge in [-0.25, -0.2) is 4.39 Å². The highest BCUT2D eigenvalue weighted by Gasteiger charge is 2.20. The van der Waals surface area contributed by atoms with E-state index in [1.165, 1.54) is 18.2 Å². The highest BCUT2D eigenvalue weighted by Crippen LogP contribution is 2.34. The zero-order chi connectivity index (χ0) is 23.2. The molecule has 0 spiro atoms. The molecule has 4 aromatic rings. The smallest absolute Gasteiger partial charge is 0.254 e. The van der Waals surface area contributed by atoms with Gasteiger partial charge in [-0.05, 0) is 42.0 Å². The Kier molecular flexibility index (Phi) is 6.69. The van der Waals surface area contributed by atoms with Gasteiger partial charge in [-0.3, -0.25) is 4.79 Å². The topological polar surface area (TPSA) is 64.8 Å². The molecule has 4 rings (SSSR count). The molecule has 7 heteroatoms. The lowest BCUT2D eigenvalue weighted by atomic mass is 10.1. The van der Waals surface area contributed by atoms with Crippen LogP contribution in [0.25, 0.3) is 11.3 Å². The molecule has 33 heavy (non-hydrogen) atoms. The Labute approximate surface area is 191 Å². The third-order valence-corrected chi connectivity index (χ3v) is 5.16. The summed E-state index contributed by atoms with van der Waals surface area (Å²) in [5.74, 6) is 0.973. The summed E-state index contributed by atoms with van der Waals surface area (Å²) in [6, 6.07) is 22.4. The van der Waals surface area contributed by atoms with Gasteiger partial charge in [0, 0.05) is 18.2 Å². The van der Waals surface area contributed by atoms with Crippen LogP contribution in [-0.2, 0) is 13.1 Å². The minimum absolute atomic E-state index is 0.181. The lowest BCUT2D eigenvalue weighted by molar-refractivity contribution is 0.0725. The Morgan fingerprint density at radius 3 is 2.48 bits per heavy atom. The molecule has 0 fully saturated rings. The first kappa shape index (κ1) is 22.1. The van der Waals surface area contributed by atoms with E-state index in [0.717, 1.165) is 5.56 Å². The lowest BCUT2D eigenvalue weighted by Gasteiger charge is -2.22. The maximum atomic E-state index is 13.7. The number of hydrogen-bond donors (Lipinski definition) is 0. The molecule has 168 valence electrons. The molecule has 0 saturated carbocycles. The van der Waals surface area contributed by atoms with E-state index >= 15 is 0 Å². The van der Waals surface area contributed by atoms with Crippen LogP contribution in [0.5, 0.6) is 11.5 Å². The maximum Gasteiger partial charge on any atom is 0.254 e. The first-order chi connectivity index (χ1) is 16.1. The molecular formula is C26H23FN2O4. The van der Waals surface area contributed by atoms with Crippen LogP contribution in [0.4, 0.5) is 4.39 Å². The highest BCUT2D eigenvalue weighted by atomic mass is 19.1. The maximum absolute atomic E-state index is 13.7. The molecule has 1 aromatic heterocycles. The van der Waals surface area contributed by atoms with Gasteiger partial charge in [0.2, 0.25) is 0 Å². The van der Waals surface area contributed by atoms with Gasteiger partial charge in [0.1, 0.15) is 23.0 Å². The second-order valence-electron chi connectivity index (χ2n) is 7.41. The Bertz CT molecular complexity index is 1240. The summed E-state index contributed by atoms with van der Waals surface area (Å²) in [7, 11) is 3.15. The molecule has 0 aliphatic rings. The zero-order valence-electron chi connectivity index (χ0n) is 18.3. The number of aromatic nitrogens is 1. The summed E-state index contributed by atoms with van der Waals surface area (Å²) in [6.07, 6.45) is 0. The highest BCUT2D eigenvalue weighted by molar-refractivity contribution is 5.94. The van der Waals surface area contributed by atoms with Crippen molar-refractivity contribution in [3.63, 3.8) is 0 Å². The van der Waals surface area contributed by atoms with E-state index in [2.05, 4.69) is 5.16 Å². The van der Waals surface area contributed by atoms with E-state index in [9.17, 15) is 9.18 Å². The Hall–Kier alpha value is -4.13. The summed E-state index contributed by atoms with van der Waals surface area (Å²) < 4.78 is 30.0. The second-order valence-corrected chi connectivity index (χ2v) is 7.41. The van der Waals surface area contributed by atoms with Gasteiger partial charge in [0.25, 0.3) is 5.91 Å². The summed E-state index contributed by atoms with van der Waals surface area (Å²) in [5.41, 5.74) is 2.45.